The summed E-state index contributed by atoms with van der Waals surface area (Å²) in [6.07, 6.45) is 7.00. The van der Waals surface area contributed by atoms with Crippen molar-refractivity contribution in [1.29, 1.82) is 0 Å². The first-order valence-electron chi connectivity index (χ1n) is 7.77. The van der Waals surface area contributed by atoms with Crippen molar-refractivity contribution in [2.24, 2.45) is 0 Å². The normalized spacial score (nSPS) is 23.6. The van der Waals surface area contributed by atoms with Crippen LogP contribution in [0.2, 0.25) is 0 Å². The first-order chi connectivity index (χ1) is 10.8. The van der Waals surface area contributed by atoms with Gasteiger partial charge in [-0.1, -0.05) is 0 Å². The van der Waals surface area contributed by atoms with E-state index in [1.165, 1.54) is 10.4 Å². The van der Waals surface area contributed by atoms with Gasteiger partial charge in [-0.05, 0) is 29.9 Å². The van der Waals surface area contributed by atoms with Gasteiger partial charge >= 0.3 is 0 Å². The molecule has 1 amide bonds. The van der Waals surface area contributed by atoms with Crippen LogP contribution in [-0.4, -0.2) is 28.1 Å². The van der Waals surface area contributed by atoms with Crippen LogP contribution in [-0.2, 0) is 28.9 Å². The van der Waals surface area contributed by atoms with E-state index < -0.39 is 0 Å². The molecule has 2 aliphatic heterocycles. The summed E-state index contributed by atoms with van der Waals surface area (Å²) in [5.41, 5.74) is 1.34. The molecule has 22 heavy (non-hydrogen) atoms. The fourth-order valence-electron chi connectivity index (χ4n) is 3.31. The van der Waals surface area contributed by atoms with Crippen LogP contribution in [0.1, 0.15) is 35.2 Å². The number of aromatic nitrogens is 2. The minimum Gasteiger partial charge on any atom is -0.372 e. The highest BCUT2D eigenvalue weighted by Crippen LogP contribution is 2.33. The molecule has 0 fully saturated rings. The van der Waals surface area contributed by atoms with Crippen LogP contribution in [0.25, 0.3) is 0 Å². The zero-order valence-electron chi connectivity index (χ0n) is 12.3. The predicted octanol–water partition coefficient (Wildman–Crippen LogP) is 2.08. The van der Waals surface area contributed by atoms with Crippen molar-refractivity contribution >= 4 is 17.2 Å². The van der Waals surface area contributed by atoms with E-state index >= 15 is 0 Å². The van der Waals surface area contributed by atoms with E-state index in [2.05, 4.69) is 26.3 Å². The molecule has 0 unspecified atom stereocenters. The molecular weight excluding hydrogens is 298 g/mol. The minimum absolute atomic E-state index is 0.0730. The number of nitrogens with zero attached hydrogens (tertiary/aromatic N) is 2. The van der Waals surface area contributed by atoms with Crippen molar-refractivity contribution in [3.63, 3.8) is 0 Å². The van der Waals surface area contributed by atoms with Crippen LogP contribution in [0.15, 0.2) is 23.8 Å². The molecule has 4 rings (SSSR count). The molecule has 0 bridgehead atoms. The number of nitrogens with one attached hydrogen (secondary N) is 1. The third kappa shape index (κ3) is 2.68. The van der Waals surface area contributed by atoms with Gasteiger partial charge in [-0.25, -0.2) is 4.98 Å². The number of fused-ring (bicyclic) bond motifs is 2. The van der Waals surface area contributed by atoms with Crippen LogP contribution < -0.4 is 5.32 Å². The lowest BCUT2D eigenvalue weighted by Gasteiger charge is -2.27. The standard InChI is InChI=1S/C16H19N3O2S/c20-15(9-13-16-11(3-7-21-13)4-8-22-16)18-12-1-2-14-17-5-6-19(14)10-12/h4-6,8,12-13H,1-3,7,9-10H2,(H,18,20)/t12-,13+/m0/s1. The molecule has 5 nitrogen and oxygen atoms in total. The number of carbonyl (C=O) groups excluding carboxylic acids is 1. The van der Waals surface area contributed by atoms with E-state index in [9.17, 15) is 4.79 Å². The molecule has 6 heteroatoms. The molecule has 0 aromatic carbocycles. The van der Waals surface area contributed by atoms with Gasteiger partial charge in [0, 0.05) is 36.3 Å². The molecule has 2 aliphatic rings. The number of rotatable bonds is 3. The van der Waals surface area contributed by atoms with Crippen molar-refractivity contribution < 1.29 is 9.53 Å². The Hall–Kier alpha value is -1.66. The maximum Gasteiger partial charge on any atom is 0.223 e. The van der Waals surface area contributed by atoms with E-state index in [4.69, 9.17) is 4.74 Å². The highest BCUT2D eigenvalue weighted by molar-refractivity contribution is 7.10. The Balaban J connectivity index is 1.36. The number of hydrogen-bond donors (Lipinski definition) is 1. The SMILES string of the molecule is O=C(C[C@H]1OCCc2ccsc21)N[C@H]1CCc2nccn2C1. The Labute approximate surface area is 133 Å². The van der Waals surface area contributed by atoms with Gasteiger partial charge in [-0.3, -0.25) is 4.79 Å². The summed E-state index contributed by atoms with van der Waals surface area (Å²) in [5.74, 6) is 1.20. The van der Waals surface area contributed by atoms with Crippen LogP contribution in [0, 0.1) is 0 Å². The zero-order valence-corrected chi connectivity index (χ0v) is 13.1. The predicted molar refractivity (Wildman–Crippen MR) is 83.8 cm³/mol. The van der Waals surface area contributed by atoms with Gasteiger partial charge in [0.05, 0.1) is 13.0 Å². The van der Waals surface area contributed by atoms with Gasteiger partial charge in [0.1, 0.15) is 11.9 Å². The number of imidazole rings is 1. The molecule has 4 heterocycles. The molecule has 116 valence electrons. The largest absolute Gasteiger partial charge is 0.372 e. The molecule has 0 saturated heterocycles. The Kier molecular flexibility index (Phi) is 3.72. The molecule has 2 atom stereocenters. The Morgan fingerprint density at radius 1 is 1.50 bits per heavy atom. The molecular formula is C16H19N3O2S. The quantitative estimate of drug-likeness (QED) is 0.943. The number of hydrogen-bond acceptors (Lipinski definition) is 4. The number of carbonyl (C=O) groups is 1. The van der Waals surface area contributed by atoms with Crippen LogP contribution in [0.5, 0.6) is 0 Å². The summed E-state index contributed by atoms with van der Waals surface area (Å²) < 4.78 is 7.93. The fourth-order valence-corrected chi connectivity index (χ4v) is 4.32. The van der Waals surface area contributed by atoms with Crippen LogP contribution in [0.4, 0.5) is 0 Å². The van der Waals surface area contributed by atoms with Crippen molar-refractivity contribution in [2.75, 3.05) is 6.61 Å². The summed E-state index contributed by atoms with van der Waals surface area (Å²) in [7, 11) is 0. The average molecular weight is 317 g/mol. The third-order valence-electron chi connectivity index (χ3n) is 4.43. The summed E-state index contributed by atoms with van der Waals surface area (Å²) in [6, 6.07) is 2.34. The lowest BCUT2D eigenvalue weighted by Crippen LogP contribution is -2.41. The molecule has 0 spiro atoms. The summed E-state index contributed by atoms with van der Waals surface area (Å²) in [5, 5.41) is 5.25. The molecule has 0 aliphatic carbocycles. The van der Waals surface area contributed by atoms with E-state index in [-0.39, 0.29) is 18.1 Å². The molecule has 0 radical (unpaired) electrons. The number of aryl methyl sites for hydroxylation is 1. The second kappa shape index (κ2) is 5.85. The van der Waals surface area contributed by atoms with Crippen molar-refractivity contribution in [3.05, 3.63) is 40.1 Å². The van der Waals surface area contributed by atoms with E-state index in [1.54, 1.807) is 11.3 Å². The van der Waals surface area contributed by atoms with Crippen LogP contribution >= 0.6 is 11.3 Å². The fraction of sp³-hybridized carbons (Fsp3) is 0.500. The number of thiophene rings is 1. The number of amides is 1. The molecule has 0 saturated carbocycles. The highest BCUT2D eigenvalue weighted by Gasteiger charge is 2.26. The first kappa shape index (κ1) is 14.0. The van der Waals surface area contributed by atoms with Crippen molar-refractivity contribution in [1.82, 2.24) is 14.9 Å². The number of ether oxygens (including phenoxy) is 1. The van der Waals surface area contributed by atoms with Crippen LogP contribution in [0.3, 0.4) is 0 Å². The topological polar surface area (TPSA) is 56.1 Å². The van der Waals surface area contributed by atoms with E-state index in [1.807, 2.05) is 12.4 Å². The average Bonchev–Trinajstić information content (AvgIpc) is 3.15. The zero-order chi connectivity index (χ0) is 14.9. The molecule has 2 aromatic heterocycles. The second-order valence-corrected chi connectivity index (χ2v) is 6.87. The first-order valence-corrected chi connectivity index (χ1v) is 8.65. The third-order valence-corrected chi connectivity index (χ3v) is 5.49. The second-order valence-electron chi connectivity index (χ2n) is 5.92. The summed E-state index contributed by atoms with van der Waals surface area (Å²) in [4.78, 5) is 17.9. The maximum atomic E-state index is 12.4. The monoisotopic (exact) mass is 317 g/mol. The van der Waals surface area contributed by atoms with Gasteiger partial charge in [0.2, 0.25) is 5.91 Å². The summed E-state index contributed by atoms with van der Waals surface area (Å²) >= 11 is 1.70. The smallest absolute Gasteiger partial charge is 0.223 e. The highest BCUT2D eigenvalue weighted by atomic mass is 32.1. The molecule has 2 aromatic rings. The lowest BCUT2D eigenvalue weighted by molar-refractivity contribution is -0.125. The van der Waals surface area contributed by atoms with Gasteiger partial charge in [0.25, 0.3) is 0 Å². The van der Waals surface area contributed by atoms with Crippen molar-refractivity contribution in [3.8, 4) is 0 Å². The van der Waals surface area contributed by atoms with Crippen molar-refractivity contribution in [2.45, 2.75) is 44.4 Å². The summed E-state index contributed by atoms with van der Waals surface area (Å²) in [6.45, 7) is 1.53. The van der Waals surface area contributed by atoms with E-state index in [0.717, 1.165) is 31.6 Å². The van der Waals surface area contributed by atoms with Gasteiger partial charge in [-0.15, -0.1) is 11.3 Å². The van der Waals surface area contributed by atoms with Gasteiger partial charge in [0.15, 0.2) is 0 Å². The Morgan fingerprint density at radius 2 is 2.45 bits per heavy atom. The maximum absolute atomic E-state index is 12.4. The van der Waals surface area contributed by atoms with Gasteiger partial charge < -0.3 is 14.6 Å². The lowest BCUT2D eigenvalue weighted by atomic mass is 10.0. The Bertz CT molecular complexity index is 678. The van der Waals surface area contributed by atoms with E-state index in [0.29, 0.717) is 13.0 Å². The van der Waals surface area contributed by atoms with Gasteiger partial charge in [-0.2, -0.15) is 0 Å². The minimum atomic E-state index is -0.0730. The Morgan fingerprint density at radius 3 is 3.41 bits per heavy atom. The molecule has 1 N–H and O–H groups in total.